The van der Waals surface area contributed by atoms with E-state index in [2.05, 4.69) is 33.4 Å². The average molecular weight is 467 g/mol. The van der Waals surface area contributed by atoms with Crippen LogP contribution in [0.25, 0.3) is 22.3 Å². The lowest BCUT2D eigenvalue weighted by atomic mass is 9.72. The van der Waals surface area contributed by atoms with E-state index in [1.165, 1.54) is 6.20 Å². The molecule has 0 bridgehead atoms. The Kier molecular flexibility index (Phi) is 6.12. The van der Waals surface area contributed by atoms with Crippen molar-refractivity contribution in [3.63, 3.8) is 0 Å². The highest BCUT2D eigenvalue weighted by Crippen LogP contribution is 2.44. The topological polar surface area (TPSA) is 119 Å². The van der Waals surface area contributed by atoms with Gasteiger partial charge in [0.05, 0.1) is 66.2 Å². The largest absolute Gasteiger partial charge is 0.404 e. The number of aliphatic imine (C=N–C) groups is 1. The van der Waals surface area contributed by atoms with Gasteiger partial charge in [-0.15, -0.1) is 0 Å². The molecule has 176 valence electrons. The number of ether oxygens (including phenoxy) is 1. The minimum atomic E-state index is -0.389. The van der Waals surface area contributed by atoms with Crippen molar-refractivity contribution in [3.05, 3.63) is 78.6 Å². The lowest BCUT2D eigenvalue weighted by Gasteiger charge is -2.46. The molecule has 1 saturated carbocycles. The molecule has 2 N–H and O–H groups in total. The Morgan fingerprint density at radius 1 is 1.26 bits per heavy atom. The summed E-state index contributed by atoms with van der Waals surface area (Å²) in [4.78, 5) is 8.92. The Bertz CT molecular complexity index is 1420. The molecule has 0 saturated heterocycles. The molecule has 35 heavy (non-hydrogen) atoms. The lowest BCUT2D eigenvalue weighted by Crippen LogP contribution is -2.50. The zero-order valence-corrected chi connectivity index (χ0v) is 19.5. The second-order valence-electron chi connectivity index (χ2n) is 8.70. The second-order valence-corrected chi connectivity index (χ2v) is 8.70. The van der Waals surface area contributed by atoms with Crippen LogP contribution in [0, 0.1) is 11.3 Å². The van der Waals surface area contributed by atoms with E-state index in [-0.39, 0.29) is 11.6 Å². The zero-order valence-electron chi connectivity index (χ0n) is 19.5. The minimum absolute atomic E-state index is 0.0878. The number of rotatable bonds is 8. The van der Waals surface area contributed by atoms with E-state index in [4.69, 9.17) is 15.5 Å². The lowest BCUT2D eigenvalue weighted by molar-refractivity contribution is -0.0838. The summed E-state index contributed by atoms with van der Waals surface area (Å²) in [6.07, 6.45) is 12.4. The molecule has 1 aromatic carbocycles. The van der Waals surface area contributed by atoms with Crippen LogP contribution >= 0.6 is 0 Å². The van der Waals surface area contributed by atoms with E-state index >= 15 is 0 Å². The summed E-state index contributed by atoms with van der Waals surface area (Å²) in [6, 6.07) is 14.4. The van der Waals surface area contributed by atoms with Crippen LogP contribution in [0.3, 0.4) is 0 Å². The van der Waals surface area contributed by atoms with Gasteiger partial charge >= 0.3 is 0 Å². The summed E-state index contributed by atoms with van der Waals surface area (Å²) in [7, 11) is 1.69. The maximum Gasteiger partial charge on any atom is 0.0999 e. The van der Waals surface area contributed by atoms with Crippen molar-refractivity contribution in [2.24, 2.45) is 10.7 Å². The van der Waals surface area contributed by atoms with Crippen molar-refractivity contribution in [1.82, 2.24) is 24.4 Å². The van der Waals surface area contributed by atoms with Crippen LogP contribution < -0.4 is 5.73 Å². The number of nitrogens with two attached hydrogens (primary N) is 1. The molecule has 9 nitrogen and oxygen atoms in total. The van der Waals surface area contributed by atoms with Gasteiger partial charge in [-0.3, -0.25) is 9.67 Å². The fourth-order valence-electron chi connectivity index (χ4n) is 4.57. The van der Waals surface area contributed by atoms with Gasteiger partial charge in [0.2, 0.25) is 0 Å². The van der Waals surface area contributed by atoms with E-state index < -0.39 is 0 Å². The second kappa shape index (κ2) is 9.52. The molecule has 3 heterocycles. The van der Waals surface area contributed by atoms with Crippen molar-refractivity contribution in [3.8, 4) is 17.3 Å². The molecule has 0 amide bonds. The average Bonchev–Trinajstić information content (AvgIpc) is 3.54. The van der Waals surface area contributed by atoms with E-state index in [9.17, 15) is 5.26 Å². The molecule has 1 fully saturated rings. The van der Waals surface area contributed by atoms with Crippen LogP contribution in [0.2, 0.25) is 0 Å². The number of hydrogen-bond donors (Lipinski definition) is 1. The molecule has 0 aliphatic heterocycles. The molecule has 0 spiro atoms. The molecular formula is C26H26N8O. The van der Waals surface area contributed by atoms with Gasteiger partial charge in [0.15, 0.2) is 0 Å². The smallest absolute Gasteiger partial charge is 0.0999 e. The molecule has 1 aliphatic carbocycles. The molecular weight excluding hydrogens is 440 g/mol. The summed E-state index contributed by atoms with van der Waals surface area (Å²) < 4.78 is 9.77. The summed E-state index contributed by atoms with van der Waals surface area (Å²) in [6.45, 7) is 0.562. The first-order valence-corrected chi connectivity index (χ1v) is 11.4. The molecule has 0 atom stereocenters. The number of nitriles is 1. The van der Waals surface area contributed by atoms with Crippen LogP contribution in [0.5, 0.6) is 0 Å². The molecule has 0 radical (unpaired) electrons. The molecule has 9 heteroatoms. The summed E-state index contributed by atoms with van der Waals surface area (Å²) in [5.74, 6) is 0. The first-order chi connectivity index (χ1) is 17.2. The van der Waals surface area contributed by atoms with Gasteiger partial charge in [-0.1, -0.05) is 30.3 Å². The Labute approximate surface area is 203 Å². The summed E-state index contributed by atoms with van der Waals surface area (Å²) in [5, 5.41) is 18.6. The standard InChI is InChI=1S/C26H26N8O/c1-29-14-20(13-28)23-17-33-24(7-10-30-33)25(32-23)21-15-31-34(16-21)26(8-9-27)11-22(12-26)35-18-19-5-3-2-4-6-19/h2-7,10,13-17,22H,8,11-12,18,28H2,1H3. The third-order valence-electron chi connectivity index (χ3n) is 6.43. The van der Waals surface area contributed by atoms with Gasteiger partial charge in [-0.05, 0) is 11.6 Å². The van der Waals surface area contributed by atoms with Gasteiger partial charge in [0, 0.05) is 49.6 Å². The molecule has 0 unspecified atom stereocenters. The molecule has 3 aromatic heterocycles. The van der Waals surface area contributed by atoms with Crippen molar-refractivity contribution < 1.29 is 4.74 Å². The maximum absolute atomic E-state index is 9.55. The van der Waals surface area contributed by atoms with Crippen molar-refractivity contribution in [2.45, 2.75) is 37.5 Å². The first-order valence-electron chi connectivity index (χ1n) is 11.4. The van der Waals surface area contributed by atoms with Gasteiger partial charge in [0.25, 0.3) is 0 Å². The Morgan fingerprint density at radius 2 is 2.09 bits per heavy atom. The van der Waals surface area contributed by atoms with Gasteiger partial charge in [0.1, 0.15) is 0 Å². The van der Waals surface area contributed by atoms with Gasteiger partial charge in [-0.25, -0.2) is 9.50 Å². The zero-order chi connectivity index (χ0) is 24.3. The number of benzene rings is 1. The van der Waals surface area contributed by atoms with Gasteiger partial charge < -0.3 is 10.5 Å². The Morgan fingerprint density at radius 3 is 2.83 bits per heavy atom. The summed E-state index contributed by atoms with van der Waals surface area (Å²) >= 11 is 0. The quantitative estimate of drug-likeness (QED) is 0.396. The van der Waals surface area contributed by atoms with E-state index in [0.29, 0.717) is 24.3 Å². The van der Waals surface area contributed by atoms with E-state index in [1.807, 2.05) is 41.3 Å². The van der Waals surface area contributed by atoms with Crippen LogP contribution in [0.1, 0.15) is 30.5 Å². The number of aromatic nitrogens is 5. The minimum Gasteiger partial charge on any atom is -0.404 e. The number of hydrogen-bond acceptors (Lipinski definition) is 7. The van der Waals surface area contributed by atoms with Crippen LogP contribution in [-0.4, -0.2) is 43.7 Å². The first kappa shape index (κ1) is 22.5. The SMILES string of the molecule is CN=CC(=CN)c1cn2nccc2c(-c2cnn(C3(CC#N)CC(OCc4ccccc4)C3)c2)n1. The van der Waals surface area contributed by atoms with Gasteiger partial charge in [-0.2, -0.15) is 15.5 Å². The molecule has 4 aromatic rings. The number of allylic oxidation sites excluding steroid dienone is 1. The Hall–Kier alpha value is -4.29. The highest BCUT2D eigenvalue weighted by molar-refractivity contribution is 6.09. The maximum atomic E-state index is 9.55. The van der Waals surface area contributed by atoms with Crippen LogP contribution in [0.15, 0.2) is 72.4 Å². The van der Waals surface area contributed by atoms with Crippen LogP contribution in [-0.2, 0) is 16.9 Å². The highest BCUT2D eigenvalue weighted by Gasteiger charge is 2.47. The van der Waals surface area contributed by atoms with E-state index in [0.717, 1.165) is 35.2 Å². The van der Waals surface area contributed by atoms with Crippen molar-refractivity contribution in [1.29, 1.82) is 5.26 Å². The fraction of sp³-hybridized carbons (Fsp3) is 0.269. The number of fused-ring (bicyclic) bond motifs is 1. The molecule has 5 rings (SSSR count). The van der Waals surface area contributed by atoms with Crippen LogP contribution in [0.4, 0.5) is 0 Å². The normalized spacial score (nSPS) is 20.2. The predicted molar refractivity (Wildman–Crippen MR) is 133 cm³/mol. The van der Waals surface area contributed by atoms with Crippen molar-refractivity contribution in [2.75, 3.05) is 7.05 Å². The third-order valence-corrected chi connectivity index (χ3v) is 6.43. The molecule has 1 aliphatic rings. The highest BCUT2D eigenvalue weighted by atomic mass is 16.5. The van der Waals surface area contributed by atoms with E-state index in [1.54, 1.807) is 30.2 Å². The fourth-order valence-corrected chi connectivity index (χ4v) is 4.57. The summed E-state index contributed by atoms with van der Waals surface area (Å²) in [5.41, 5.74) is 10.3. The monoisotopic (exact) mass is 466 g/mol. The van der Waals surface area contributed by atoms with Crippen molar-refractivity contribution >= 4 is 17.3 Å². The predicted octanol–water partition coefficient (Wildman–Crippen LogP) is 3.58. The number of nitrogens with zero attached hydrogens (tertiary/aromatic N) is 7. The third kappa shape index (κ3) is 4.32. The Balaban J connectivity index is 1.41.